The van der Waals surface area contributed by atoms with Crippen LogP contribution in [0.2, 0.25) is 0 Å². The van der Waals surface area contributed by atoms with Gasteiger partial charge in [0, 0.05) is 12.7 Å². The van der Waals surface area contributed by atoms with Crippen molar-refractivity contribution in [1.29, 1.82) is 0 Å². The van der Waals surface area contributed by atoms with Crippen LogP contribution in [0.15, 0.2) is 42.6 Å². The monoisotopic (exact) mass is 355 g/mol. The van der Waals surface area contributed by atoms with Crippen molar-refractivity contribution < 1.29 is 14.3 Å². The van der Waals surface area contributed by atoms with Gasteiger partial charge >= 0.3 is 6.03 Å². The zero-order valence-corrected chi connectivity index (χ0v) is 14.9. The topological polar surface area (TPSA) is 89.8 Å². The molecule has 0 saturated heterocycles. The van der Waals surface area contributed by atoms with Crippen molar-refractivity contribution in [3.63, 3.8) is 0 Å². The number of rotatable bonds is 6. The van der Waals surface area contributed by atoms with E-state index in [1.807, 2.05) is 47.9 Å². The number of methoxy groups -OCH3 is 2. The summed E-state index contributed by atoms with van der Waals surface area (Å²) < 4.78 is 12.3. The number of ether oxygens (including phenoxy) is 2. The number of hydrogen-bond donors (Lipinski definition) is 2. The highest BCUT2D eigenvalue weighted by Gasteiger charge is 2.15. The summed E-state index contributed by atoms with van der Waals surface area (Å²) in [7, 11) is 3.16. The number of amides is 2. The molecule has 2 N–H and O–H groups in total. The Morgan fingerprint density at radius 3 is 2.73 bits per heavy atom. The Hall–Kier alpha value is -3.29. The van der Waals surface area contributed by atoms with Gasteiger partial charge < -0.3 is 20.1 Å². The Balaban J connectivity index is 1.60. The van der Waals surface area contributed by atoms with Crippen LogP contribution in [-0.2, 0) is 6.54 Å². The number of carbonyl (C=O) groups excluding carboxylic acids is 1. The number of carbonyl (C=O) groups is 1. The third-order valence-corrected chi connectivity index (χ3v) is 3.98. The molecule has 1 unspecified atom stereocenters. The van der Waals surface area contributed by atoms with Gasteiger partial charge in [-0.1, -0.05) is 12.1 Å². The van der Waals surface area contributed by atoms with Crippen molar-refractivity contribution in [2.75, 3.05) is 14.2 Å². The molecular formula is C18H21N5O3. The van der Waals surface area contributed by atoms with Crippen LogP contribution in [-0.4, -0.2) is 34.8 Å². The quantitative estimate of drug-likeness (QED) is 0.708. The van der Waals surface area contributed by atoms with Gasteiger partial charge in [-0.05, 0) is 36.8 Å². The number of nitrogens with one attached hydrogen (secondary N) is 2. The molecule has 2 heterocycles. The van der Waals surface area contributed by atoms with Crippen molar-refractivity contribution >= 4 is 11.7 Å². The highest BCUT2D eigenvalue weighted by atomic mass is 16.5. The summed E-state index contributed by atoms with van der Waals surface area (Å²) in [5, 5.41) is 13.9. The van der Waals surface area contributed by atoms with E-state index >= 15 is 0 Å². The Labute approximate surface area is 151 Å². The molecule has 0 saturated carbocycles. The van der Waals surface area contributed by atoms with E-state index < -0.39 is 0 Å². The normalized spacial score (nSPS) is 11.8. The van der Waals surface area contributed by atoms with Gasteiger partial charge in [-0.15, -0.1) is 10.2 Å². The summed E-state index contributed by atoms with van der Waals surface area (Å²) in [6, 6.07) is 10.6. The molecule has 3 aromatic rings. The van der Waals surface area contributed by atoms with Gasteiger partial charge in [0.25, 0.3) is 0 Å². The molecule has 0 bridgehead atoms. The fourth-order valence-electron chi connectivity index (χ4n) is 2.64. The van der Waals surface area contributed by atoms with Crippen LogP contribution in [0.4, 0.5) is 4.79 Å². The number of nitrogens with zero attached hydrogens (tertiary/aromatic N) is 3. The van der Waals surface area contributed by atoms with E-state index in [-0.39, 0.29) is 12.1 Å². The lowest BCUT2D eigenvalue weighted by Crippen LogP contribution is -2.37. The predicted octanol–water partition coefficient (Wildman–Crippen LogP) is 2.31. The molecule has 2 aromatic heterocycles. The van der Waals surface area contributed by atoms with Crippen molar-refractivity contribution in [2.45, 2.75) is 19.5 Å². The first-order valence-corrected chi connectivity index (χ1v) is 8.17. The third-order valence-electron chi connectivity index (χ3n) is 3.98. The standard InChI is InChI=1S/C18H21N5O3/c1-12(17-22-21-16-6-4-5-9-23(16)17)20-18(24)19-11-13-7-8-14(25-2)15(10-13)26-3/h4-10,12H,11H2,1-3H3,(H2,19,20,24). The number of urea groups is 1. The van der Waals surface area contributed by atoms with Crippen LogP contribution in [0.25, 0.3) is 5.65 Å². The third kappa shape index (κ3) is 3.69. The Morgan fingerprint density at radius 2 is 1.96 bits per heavy atom. The molecular weight excluding hydrogens is 334 g/mol. The first-order valence-electron chi connectivity index (χ1n) is 8.17. The molecule has 0 radical (unpaired) electrons. The summed E-state index contributed by atoms with van der Waals surface area (Å²) >= 11 is 0. The van der Waals surface area contributed by atoms with Crippen LogP contribution in [0.1, 0.15) is 24.4 Å². The first-order chi connectivity index (χ1) is 12.6. The second-order valence-electron chi connectivity index (χ2n) is 5.73. The van der Waals surface area contributed by atoms with Gasteiger partial charge in [-0.25, -0.2) is 4.79 Å². The number of hydrogen-bond acceptors (Lipinski definition) is 5. The van der Waals surface area contributed by atoms with Gasteiger partial charge in [0.2, 0.25) is 0 Å². The number of aromatic nitrogens is 3. The fraction of sp³-hybridized carbons (Fsp3) is 0.278. The molecule has 2 amide bonds. The van der Waals surface area contributed by atoms with Gasteiger partial charge in [-0.3, -0.25) is 4.40 Å². The average Bonchev–Trinajstić information content (AvgIpc) is 3.10. The average molecular weight is 355 g/mol. The summed E-state index contributed by atoms with van der Waals surface area (Å²) in [5.74, 6) is 1.94. The highest BCUT2D eigenvalue weighted by molar-refractivity contribution is 5.74. The molecule has 0 spiro atoms. The van der Waals surface area contributed by atoms with Crippen LogP contribution < -0.4 is 20.1 Å². The van der Waals surface area contributed by atoms with E-state index in [9.17, 15) is 4.79 Å². The molecule has 3 rings (SSSR count). The number of benzene rings is 1. The van der Waals surface area contributed by atoms with Gasteiger partial charge in [0.15, 0.2) is 23.0 Å². The van der Waals surface area contributed by atoms with Crippen LogP contribution in [0.3, 0.4) is 0 Å². The Bertz CT molecular complexity index is 909. The zero-order valence-electron chi connectivity index (χ0n) is 14.9. The Morgan fingerprint density at radius 1 is 1.15 bits per heavy atom. The molecule has 26 heavy (non-hydrogen) atoms. The smallest absolute Gasteiger partial charge is 0.315 e. The summed E-state index contributed by atoms with van der Waals surface area (Å²) in [5.41, 5.74) is 1.64. The molecule has 0 aliphatic carbocycles. The van der Waals surface area contributed by atoms with E-state index in [1.165, 1.54) is 0 Å². The van der Waals surface area contributed by atoms with E-state index in [0.717, 1.165) is 11.2 Å². The van der Waals surface area contributed by atoms with E-state index in [4.69, 9.17) is 9.47 Å². The van der Waals surface area contributed by atoms with Crippen molar-refractivity contribution in [3.8, 4) is 11.5 Å². The summed E-state index contributed by atoms with van der Waals surface area (Å²) in [6.45, 7) is 2.22. The highest BCUT2D eigenvalue weighted by Crippen LogP contribution is 2.27. The first kappa shape index (κ1) is 17.5. The molecule has 136 valence electrons. The van der Waals surface area contributed by atoms with Crippen LogP contribution >= 0.6 is 0 Å². The van der Waals surface area contributed by atoms with E-state index in [2.05, 4.69) is 20.8 Å². The lowest BCUT2D eigenvalue weighted by atomic mass is 10.2. The zero-order chi connectivity index (χ0) is 18.5. The second kappa shape index (κ2) is 7.73. The molecule has 0 aliphatic heterocycles. The molecule has 8 heteroatoms. The van der Waals surface area contributed by atoms with Crippen LogP contribution in [0.5, 0.6) is 11.5 Å². The lowest BCUT2D eigenvalue weighted by molar-refractivity contribution is 0.237. The SMILES string of the molecule is COc1ccc(CNC(=O)NC(C)c2nnc3ccccn23)cc1OC. The van der Waals surface area contributed by atoms with Crippen LogP contribution in [0, 0.1) is 0 Å². The molecule has 0 fully saturated rings. The summed E-state index contributed by atoms with van der Waals surface area (Å²) in [6.07, 6.45) is 1.87. The lowest BCUT2D eigenvalue weighted by Gasteiger charge is -2.14. The maximum absolute atomic E-state index is 12.2. The van der Waals surface area contributed by atoms with E-state index in [0.29, 0.717) is 23.9 Å². The minimum Gasteiger partial charge on any atom is -0.493 e. The van der Waals surface area contributed by atoms with Crippen molar-refractivity contribution in [3.05, 3.63) is 54.0 Å². The van der Waals surface area contributed by atoms with Crippen molar-refractivity contribution in [1.82, 2.24) is 25.2 Å². The van der Waals surface area contributed by atoms with Gasteiger partial charge in [-0.2, -0.15) is 0 Å². The fourth-order valence-corrected chi connectivity index (χ4v) is 2.64. The maximum atomic E-state index is 12.2. The molecule has 0 aliphatic rings. The Kier molecular flexibility index (Phi) is 5.21. The van der Waals surface area contributed by atoms with Gasteiger partial charge in [0.1, 0.15) is 0 Å². The molecule has 8 nitrogen and oxygen atoms in total. The number of fused-ring (bicyclic) bond motifs is 1. The summed E-state index contributed by atoms with van der Waals surface area (Å²) in [4.78, 5) is 12.2. The minimum absolute atomic E-state index is 0.292. The molecule has 1 aromatic carbocycles. The minimum atomic E-state index is -0.294. The second-order valence-corrected chi connectivity index (χ2v) is 5.73. The number of pyridine rings is 1. The van der Waals surface area contributed by atoms with E-state index in [1.54, 1.807) is 20.3 Å². The van der Waals surface area contributed by atoms with Gasteiger partial charge in [0.05, 0.1) is 20.3 Å². The predicted molar refractivity (Wildman–Crippen MR) is 96.3 cm³/mol. The maximum Gasteiger partial charge on any atom is 0.315 e. The van der Waals surface area contributed by atoms with Crippen molar-refractivity contribution in [2.24, 2.45) is 0 Å². The molecule has 1 atom stereocenters. The largest absolute Gasteiger partial charge is 0.493 e.